The molecule has 0 aliphatic carbocycles. The van der Waals surface area contributed by atoms with Gasteiger partial charge in [0.15, 0.2) is 5.16 Å². The third-order valence-corrected chi connectivity index (χ3v) is 5.45. The molecule has 0 saturated carbocycles. The van der Waals surface area contributed by atoms with Crippen molar-refractivity contribution in [1.82, 2.24) is 14.6 Å². The zero-order valence-corrected chi connectivity index (χ0v) is 16.3. The van der Waals surface area contributed by atoms with E-state index in [0.29, 0.717) is 18.1 Å². The van der Waals surface area contributed by atoms with Crippen molar-refractivity contribution in [3.05, 3.63) is 59.0 Å². The maximum Gasteiger partial charge on any atom is 0.355 e. The molecule has 1 N–H and O–H groups in total. The molecule has 4 rings (SSSR count). The van der Waals surface area contributed by atoms with Gasteiger partial charge in [0.1, 0.15) is 5.69 Å². The summed E-state index contributed by atoms with van der Waals surface area (Å²) < 4.78 is 6.96. The molecular formula is C20H20N4O2S. The van der Waals surface area contributed by atoms with E-state index in [4.69, 9.17) is 9.84 Å². The minimum absolute atomic E-state index is 0.330. The molecule has 1 aliphatic heterocycles. The number of nitrogens with zero attached hydrogens (tertiary/aromatic N) is 3. The highest BCUT2D eigenvalue weighted by molar-refractivity contribution is 7.99. The summed E-state index contributed by atoms with van der Waals surface area (Å²) in [6, 6.07) is 10.1. The van der Waals surface area contributed by atoms with Crippen LogP contribution >= 0.6 is 11.8 Å². The van der Waals surface area contributed by atoms with Crippen LogP contribution in [0, 0.1) is 13.8 Å². The van der Waals surface area contributed by atoms with E-state index < -0.39 is 0 Å². The summed E-state index contributed by atoms with van der Waals surface area (Å²) >= 11 is 1.64. The van der Waals surface area contributed by atoms with Crippen LogP contribution < -0.4 is 0 Å². The Morgan fingerprint density at radius 2 is 2.07 bits per heavy atom. The van der Waals surface area contributed by atoms with Gasteiger partial charge >= 0.3 is 5.97 Å². The van der Waals surface area contributed by atoms with Gasteiger partial charge in [-0.3, -0.25) is 0 Å². The van der Waals surface area contributed by atoms with E-state index in [-0.39, 0.29) is 5.97 Å². The molecule has 0 fully saturated rings. The Kier molecular flexibility index (Phi) is 4.61. The molecule has 0 spiro atoms. The van der Waals surface area contributed by atoms with E-state index in [1.807, 2.05) is 55.1 Å². The zero-order chi connectivity index (χ0) is 19.0. The van der Waals surface area contributed by atoms with E-state index in [0.717, 1.165) is 38.9 Å². The molecule has 2 aromatic heterocycles. The van der Waals surface area contributed by atoms with Gasteiger partial charge in [-0.25, -0.2) is 14.5 Å². The Bertz CT molecular complexity index is 1030. The second-order valence-corrected chi connectivity index (χ2v) is 7.24. The largest absolute Gasteiger partial charge is 0.461 e. The molecule has 1 aromatic carbocycles. The van der Waals surface area contributed by atoms with Gasteiger partial charge in [0, 0.05) is 22.6 Å². The number of thioether (sulfide) groups is 1. The highest BCUT2D eigenvalue weighted by Gasteiger charge is 2.25. The van der Waals surface area contributed by atoms with Crippen LogP contribution in [0.15, 0.2) is 46.8 Å². The molecule has 0 unspecified atom stereocenters. The van der Waals surface area contributed by atoms with E-state index >= 15 is 0 Å². The number of nitrogens with one attached hydrogen (secondary N) is 1. The van der Waals surface area contributed by atoms with Crippen molar-refractivity contribution in [1.29, 1.82) is 0 Å². The number of rotatable bonds is 4. The third-order valence-electron chi connectivity index (χ3n) is 4.50. The molecule has 138 valence electrons. The second-order valence-electron chi connectivity index (χ2n) is 6.30. The average molecular weight is 380 g/mol. The number of fused-ring (bicyclic) bond motifs is 1. The maximum atomic E-state index is 12.2. The quantitative estimate of drug-likeness (QED) is 0.694. The highest BCUT2D eigenvalue weighted by Crippen LogP contribution is 2.30. The lowest BCUT2D eigenvalue weighted by Gasteiger charge is -2.13. The molecular weight excluding hydrogens is 360 g/mol. The molecule has 0 amide bonds. The first-order chi connectivity index (χ1) is 13.1. The number of carbonyl (C=O) groups excluding carboxylic acids is 1. The number of hydrogen-bond donors (Lipinski definition) is 1. The molecule has 0 atom stereocenters. The first-order valence-electron chi connectivity index (χ1n) is 8.80. The van der Waals surface area contributed by atoms with Crippen molar-refractivity contribution in [3.63, 3.8) is 0 Å². The van der Waals surface area contributed by atoms with Crippen LogP contribution in [-0.4, -0.2) is 38.7 Å². The topological polar surface area (TPSA) is 72.3 Å². The van der Waals surface area contributed by atoms with Gasteiger partial charge in [-0.1, -0.05) is 42.1 Å². The number of imidazole rings is 1. The van der Waals surface area contributed by atoms with Gasteiger partial charge in [0.2, 0.25) is 0 Å². The fourth-order valence-corrected chi connectivity index (χ4v) is 4.13. The number of ether oxygens (including phenoxy) is 1. The van der Waals surface area contributed by atoms with Gasteiger partial charge in [0.25, 0.3) is 0 Å². The number of carbonyl (C=O) groups is 1. The molecule has 0 saturated heterocycles. The minimum atomic E-state index is -0.330. The minimum Gasteiger partial charge on any atom is -0.461 e. The number of benzene rings is 1. The smallest absolute Gasteiger partial charge is 0.355 e. The van der Waals surface area contributed by atoms with Crippen LogP contribution in [0.2, 0.25) is 0 Å². The molecule has 3 heterocycles. The third kappa shape index (κ3) is 3.19. The molecule has 1 aliphatic rings. The van der Waals surface area contributed by atoms with Crippen LogP contribution in [0.3, 0.4) is 0 Å². The van der Waals surface area contributed by atoms with Crippen molar-refractivity contribution >= 4 is 23.4 Å². The monoisotopic (exact) mass is 380 g/mol. The van der Waals surface area contributed by atoms with E-state index in [1.165, 1.54) is 0 Å². The first kappa shape index (κ1) is 17.6. The molecule has 0 radical (unpaired) electrons. The van der Waals surface area contributed by atoms with Crippen molar-refractivity contribution in [2.45, 2.75) is 25.9 Å². The maximum absolute atomic E-state index is 12.2. The summed E-state index contributed by atoms with van der Waals surface area (Å²) in [4.78, 5) is 20.0. The van der Waals surface area contributed by atoms with Gasteiger partial charge in [-0.15, -0.1) is 0 Å². The van der Waals surface area contributed by atoms with Crippen LogP contribution in [0.4, 0.5) is 0 Å². The number of H-pyrrole nitrogens is 1. The molecule has 0 bridgehead atoms. The number of hydrogen-bond acceptors (Lipinski definition) is 5. The van der Waals surface area contributed by atoms with Crippen molar-refractivity contribution in [2.75, 3.05) is 12.4 Å². The van der Waals surface area contributed by atoms with Crippen molar-refractivity contribution < 1.29 is 9.53 Å². The SMILES string of the molecule is CCOC(=O)c1[nH]c(C)c(C2=Nn3cc(-c4ccccc4)nc3SC2)c1C. The molecule has 3 aromatic rings. The predicted octanol–water partition coefficient (Wildman–Crippen LogP) is 4.03. The van der Waals surface area contributed by atoms with Crippen LogP contribution in [0.1, 0.15) is 34.2 Å². The second kappa shape index (κ2) is 7.08. The predicted molar refractivity (Wildman–Crippen MR) is 107 cm³/mol. The van der Waals surface area contributed by atoms with E-state index in [1.54, 1.807) is 18.7 Å². The van der Waals surface area contributed by atoms with Crippen LogP contribution in [0.25, 0.3) is 11.3 Å². The number of aromatic amines is 1. The Balaban J connectivity index is 1.71. The van der Waals surface area contributed by atoms with E-state index in [9.17, 15) is 4.79 Å². The Morgan fingerprint density at radius 1 is 1.30 bits per heavy atom. The molecule has 7 heteroatoms. The number of esters is 1. The summed E-state index contributed by atoms with van der Waals surface area (Å²) in [7, 11) is 0. The lowest BCUT2D eigenvalue weighted by atomic mass is 10.1. The standard InChI is InChI=1S/C20H20N4O2S/c1-4-26-19(25)18-12(2)17(13(3)21-18)16-11-27-20-22-15(10-24(20)23-16)14-8-6-5-7-9-14/h5-10,21H,4,11H2,1-3H3. The summed E-state index contributed by atoms with van der Waals surface area (Å²) in [6.45, 7) is 6.04. The first-order valence-corrected chi connectivity index (χ1v) is 9.79. The van der Waals surface area contributed by atoms with Crippen LogP contribution in [0.5, 0.6) is 0 Å². The van der Waals surface area contributed by atoms with Gasteiger partial charge in [-0.05, 0) is 26.3 Å². The van der Waals surface area contributed by atoms with Gasteiger partial charge in [0.05, 0.1) is 24.2 Å². The highest BCUT2D eigenvalue weighted by atomic mass is 32.2. The van der Waals surface area contributed by atoms with Crippen LogP contribution in [-0.2, 0) is 4.74 Å². The fraction of sp³-hybridized carbons (Fsp3) is 0.250. The Labute approximate surface area is 161 Å². The Hall–Kier alpha value is -2.80. The van der Waals surface area contributed by atoms with Crippen molar-refractivity contribution in [3.8, 4) is 11.3 Å². The molecule has 27 heavy (non-hydrogen) atoms. The number of aryl methyl sites for hydroxylation is 1. The lowest BCUT2D eigenvalue weighted by Crippen LogP contribution is -2.14. The average Bonchev–Trinajstić information content (AvgIpc) is 3.22. The fourth-order valence-electron chi connectivity index (χ4n) is 3.28. The summed E-state index contributed by atoms with van der Waals surface area (Å²) in [5.74, 6) is 0.371. The molecule has 6 nitrogen and oxygen atoms in total. The van der Waals surface area contributed by atoms with E-state index in [2.05, 4.69) is 9.97 Å². The normalized spacial score (nSPS) is 13.2. The lowest BCUT2D eigenvalue weighted by molar-refractivity contribution is 0.0519. The van der Waals surface area contributed by atoms with Gasteiger partial charge < -0.3 is 9.72 Å². The summed E-state index contributed by atoms with van der Waals surface area (Å²) in [5.41, 5.74) is 6.16. The summed E-state index contributed by atoms with van der Waals surface area (Å²) in [6.07, 6.45) is 1.94. The van der Waals surface area contributed by atoms with Gasteiger partial charge in [-0.2, -0.15) is 5.10 Å². The number of aromatic nitrogens is 3. The van der Waals surface area contributed by atoms with Crippen molar-refractivity contribution in [2.24, 2.45) is 5.10 Å². The Morgan fingerprint density at radius 3 is 2.81 bits per heavy atom. The zero-order valence-electron chi connectivity index (χ0n) is 15.4. The summed E-state index contributed by atoms with van der Waals surface area (Å²) in [5, 5.41) is 5.65.